The third kappa shape index (κ3) is 3.51. The summed E-state index contributed by atoms with van der Waals surface area (Å²) in [5, 5.41) is 0. The Balaban J connectivity index is 2.51. The maximum absolute atomic E-state index is 11.8. The van der Waals surface area contributed by atoms with Gasteiger partial charge in [-0.3, -0.25) is 0 Å². The van der Waals surface area contributed by atoms with Crippen LogP contribution in [0.5, 0.6) is 0 Å². The van der Waals surface area contributed by atoms with Crippen LogP contribution in [-0.4, -0.2) is 36.0 Å². The van der Waals surface area contributed by atoms with Gasteiger partial charge in [0, 0.05) is 19.0 Å². The van der Waals surface area contributed by atoms with Crippen LogP contribution in [0.4, 0.5) is 4.79 Å². The average Bonchev–Trinajstić information content (AvgIpc) is 2.15. The number of hydrogen-bond donors (Lipinski definition) is 0. The van der Waals surface area contributed by atoms with Crippen LogP contribution < -0.4 is 0 Å². The summed E-state index contributed by atoms with van der Waals surface area (Å²) < 4.78 is 5.29. The van der Waals surface area contributed by atoms with Gasteiger partial charge in [-0.2, -0.15) is 0 Å². The van der Waals surface area contributed by atoms with Gasteiger partial charge in [0.25, 0.3) is 0 Å². The predicted octanol–water partition coefficient (Wildman–Crippen LogP) is 2.08. The van der Waals surface area contributed by atoms with Crippen LogP contribution in [-0.2, 0) is 9.53 Å². The Morgan fingerprint density at radius 3 is 2.50 bits per heavy atom. The number of piperidine rings is 1. The molecular weight excluding hydrogens is 206 g/mol. The molecule has 0 spiro atoms. The van der Waals surface area contributed by atoms with Gasteiger partial charge in [-0.05, 0) is 33.1 Å². The lowest BCUT2D eigenvalue weighted by atomic mass is 9.88. The molecule has 1 saturated heterocycles. The number of hydrogen-bond acceptors (Lipinski definition) is 3. The molecule has 0 aromatic heterocycles. The molecule has 4 heteroatoms. The van der Waals surface area contributed by atoms with E-state index in [9.17, 15) is 9.59 Å². The van der Waals surface area contributed by atoms with Crippen molar-refractivity contribution in [3.8, 4) is 0 Å². The van der Waals surface area contributed by atoms with Crippen LogP contribution in [0, 0.1) is 11.8 Å². The molecule has 92 valence electrons. The molecule has 1 fully saturated rings. The number of ether oxygens (including phenoxy) is 1. The summed E-state index contributed by atoms with van der Waals surface area (Å²) >= 11 is 0. The molecule has 0 N–H and O–H groups in total. The SMILES string of the molecule is C[C@@H]1CN(C(=O)OC(C)(C)C)CC[C@H]1C=O. The first-order valence-corrected chi connectivity index (χ1v) is 5.76. The summed E-state index contributed by atoms with van der Waals surface area (Å²) in [7, 11) is 0. The number of amides is 1. The van der Waals surface area contributed by atoms with Gasteiger partial charge in [0.15, 0.2) is 0 Å². The fourth-order valence-corrected chi connectivity index (χ4v) is 1.86. The second-order valence-electron chi connectivity index (χ2n) is 5.49. The summed E-state index contributed by atoms with van der Waals surface area (Å²) in [6.07, 6.45) is 1.46. The maximum Gasteiger partial charge on any atom is 0.410 e. The molecule has 0 unspecified atom stereocenters. The Morgan fingerprint density at radius 2 is 2.06 bits per heavy atom. The molecule has 0 aromatic rings. The summed E-state index contributed by atoms with van der Waals surface area (Å²) in [6.45, 7) is 8.78. The van der Waals surface area contributed by atoms with E-state index in [4.69, 9.17) is 4.74 Å². The highest BCUT2D eigenvalue weighted by Gasteiger charge is 2.30. The highest BCUT2D eigenvalue weighted by molar-refractivity contribution is 5.68. The van der Waals surface area contributed by atoms with Gasteiger partial charge in [0.05, 0.1) is 0 Å². The average molecular weight is 227 g/mol. The number of rotatable bonds is 1. The van der Waals surface area contributed by atoms with Crippen LogP contribution in [0.1, 0.15) is 34.1 Å². The lowest BCUT2D eigenvalue weighted by Gasteiger charge is -2.35. The van der Waals surface area contributed by atoms with E-state index in [1.54, 1.807) is 4.90 Å². The summed E-state index contributed by atoms with van der Waals surface area (Å²) in [5.41, 5.74) is -0.457. The molecule has 0 bridgehead atoms. The number of aldehydes is 1. The van der Waals surface area contributed by atoms with Crippen LogP contribution in [0.2, 0.25) is 0 Å². The van der Waals surface area contributed by atoms with Crippen molar-refractivity contribution in [2.24, 2.45) is 11.8 Å². The number of likely N-dealkylation sites (tertiary alicyclic amines) is 1. The Kier molecular flexibility index (Phi) is 3.94. The molecular formula is C12H21NO3. The molecule has 0 saturated carbocycles. The fourth-order valence-electron chi connectivity index (χ4n) is 1.86. The van der Waals surface area contributed by atoms with Crippen LogP contribution in [0.15, 0.2) is 0 Å². The molecule has 0 radical (unpaired) electrons. The molecule has 1 heterocycles. The van der Waals surface area contributed by atoms with Gasteiger partial charge in [-0.25, -0.2) is 4.79 Å². The largest absolute Gasteiger partial charge is 0.444 e. The quantitative estimate of drug-likeness (QED) is 0.644. The van der Waals surface area contributed by atoms with E-state index in [-0.39, 0.29) is 17.9 Å². The zero-order chi connectivity index (χ0) is 12.3. The smallest absolute Gasteiger partial charge is 0.410 e. The minimum absolute atomic E-state index is 0.0821. The molecule has 1 rings (SSSR count). The lowest BCUT2D eigenvalue weighted by Crippen LogP contribution is -2.45. The van der Waals surface area contributed by atoms with E-state index in [2.05, 4.69) is 0 Å². The Hall–Kier alpha value is -1.06. The monoisotopic (exact) mass is 227 g/mol. The van der Waals surface area contributed by atoms with E-state index in [1.165, 1.54) is 0 Å². The zero-order valence-electron chi connectivity index (χ0n) is 10.5. The highest BCUT2D eigenvalue weighted by atomic mass is 16.6. The Morgan fingerprint density at radius 1 is 1.44 bits per heavy atom. The second-order valence-corrected chi connectivity index (χ2v) is 5.49. The topological polar surface area (TPSA) is 46.6 Å². The van der Waals surface area contributed by atoms with Crippen molar-refractivity contribution >= 4 is 12.4 Å². The van der Waals surface area contributed by atoms with E-state index in [0.29, 0.717) is 13.1 Å². The first kappa shape index (κ1) is 13.0. The van der Waals surface area contributed by atoms with Crippen LogP contribution in [0.25, 0.3) is 0 Å². The Labute approximate surface area is 96.9 Å². The normalized spacial score (nSPS) is 26.4. The number of carbonyl (C=O) groups is 2. The first-order chi connectivity index (χ1) is 7.33. The van der Waals surface area contributed by atoms with Crippen molar-refractivity contribution in [2.45, 2.75) is 39.7 Å². The molecule has 4 nitrogen and oxygen atoms in total. The van der Waals surface area contributed by atoms with Crippen LogP contribution in [0.3, 0.4) is 0 Å². The van der Waals surface area contributed by atoms with Gasteiger partial charge in [-0.1, -0.05) is 6.92 Å². The minimum Gasteiger partial charge on any atom is -0.444 e. The second kappa shape index (κ2) is 4.85. The fraction of sp³-hybridized carbons (Fsp3) is 0.833. The molecule has 16 heavy (non-hydrogen) atoms. The molecule has 1 amide bonds. The van der Waals surface area contributed by atoms with E-state index >= 15 is 0 Å². The van der Waals surface area contributed by atoms with Gasteiger partial charge in [-0.15, -0.1) is 0 Å². The number of carbonyl (C=O) groups excluding carboxylic acids is 2. The maximum atomic E-state index is 11.8. The number of nitrogens with zero attached hydrogens (tertiary/aromatic N) is 1. The van der Waals surface area contributed by atoms with E-state index in [1.807, 2.05) is 27.7 Å². The van der Waals surface area contributed by atoms with Crippen molar-refractivity contribution in [3.05, 3.63) is 0 Å². The standard InChI is InChI=1S/C12H21NO3/c1-9-7-13(6-5-10(9)8-14)11(15)16-12(2,3)4/h8-10H,5-7H2,1-4H3/t9-,10+/m1/s1. The summed E-state index contributed by atoms with van der Waals surface area (Å²) in [4.78, 5) is 24.2. The van der Waals surface area contributed by atoms with E-state index in [0.717, 1.165) is 12.7 Å². The highest BCUT2D eigenvalue weighted by Crippen LogP contribution is 2.22. The van der Waals surface area contributed by atoms with Gasteiger partial charge >= 0.3 is 6.09 Å². The Bertz CT molecular complexity index is 270. The van der Waals surface area contributed by atoms with Crippen molar-refractivity contribution in [2.75, 3.05) is 13.1 Å². The molecule has 0 aromatic carbocycles. The predicted molar refractivity (Wildman–Crippen MR) is 61.1 cm³/mol. The zero-order valence-corrected chi connectivity index (χ0v) is 10.5. The third-order valence-electron chi connectivity index (χ3n) is 2.80. The van der Waals surface area contributed by atoms with Gasteiger partial charge < -0.3 is 14.4 Å². The van der Waals surface area contributed by atoms with Crippen molar-refractivity contribution in [1.29, 1.82) is 0 Å². The minimum atomic E-state index is -0.457. The molecule has 1 aliphatic heterocycles. The van der Waals surface area contributed by atoms with Crippen molar-refractivity contribution in [1.82, 2.24) is 4.90 Å². The van der Waals surface area contributed by atoms with Gasteiger partial charge in [0.1, 0.15) is 11.9 Å². The first-order valence-electron chi connectivity index (χ1n) is 5.76. The lowest BCUT2D eigenvalue weighted by molar-refractivity contribution is -0.114. The third-order valence-corrected chi connectivity index (χ3v) is 2.80. The van der Waals surface area contributed by atoms with E-state index < -0.39 is 5.60 Å². The van der Waals surface area contributed by atoms with Gasteiger partial charge in [0.2, 0.25) is 0 Å². The van der Waals surface area contributed by atoms with Crippen molar-refractivity contribution in [3.63, 3.8) is 0 Å². The van der Waals surface area contributed by atoms with Crippen molar-refractivity contribution < 1.29 is 14.3 Å². The van der Waals surface area contributed by atoms with Crippen LogP contribution >= 0.6 is 0 Å². The summed E-state index contributed by atoms with van der Waals surface area (Å²) in [5.74, 6) is 0.303. The molecule has 2 atom stereocenters. The molecule has 0 aliphatic carbocycles. The molecule has 1 aliphatic rings. The summed E-state index contributed by atoms with van der Waals surface area (Å²) in [6, 6.07) is 0.